The average molecular weight is 452 g/mol. The molecule has 1 amide bonds. The van der Waals surface area contributed by atoms with Crippen molar-refractivity contribution in [3.05, 3.63) is 52.3 Å². The maximum Gasteiger partial charge on any atom is 0.433 e. The van der Waals surface area contributed by atoms with Crippen LogP contribution in [0.25, 0.3) is 16.9 Å². The van der Waals surface area contributed by atoms with Crippen LogP contribution in [-0.4, -0.2) is 63.5 Å². The Morgan fingerprint density at radius 2 is 1.77 bits per heavy atom. The maximum absolute atomic E-state index is 13.8. The lowest BCUT2D eigenvalue weighted by atomic mass is 10.1. The topological polar surface area (TPSA) is 53.7 Å². The Morgan fingerprint density at radius 1 is 1.13 bits per heavy atom. The largest absolute Gasteiger partial charge is 0.433 e. The number of amides is 1. The fourth-order valence-corrected chi connectivity index (χ4v) is 3.79. The molecule has 1 aliphatic heterocycles. The van der Waals surface area contributed by atoms with Gasteiger partial charge in [0, 0.05) is 42.3 Å². The third-order valence-corrected chi connectivity index (χ3v) is 5.75. The first kappa shape index (κ1) is 21.6. The van der Waals surface area contributed by atoms with Crippen LogP contribution >= 0.6 is 11.6 Å². The summed E-state index contributed by atoms with van der Waals surface area (Å²) in [7, 11) is 1.98. The van der Waals surface area contributed by atoms with E-state index in [2.05, 4.69) is 15.0 Å². The lowest BCUT2D eigenvalue weighted by molar-refractivity contribution is -0.142. The summed E-state index contributed by atoms with van der Waals surface area (Å²) in [5.41, 5.74) is 0.500. The summed E-state index contributed by atoms with van der Waals surface area (Å²) in [6.45, 7) is 4.30. The smallest absolute Gasteiger partial charge is 0.340 e. The Labute approximate surface area is 182 Å². The van der Waals surface area contributed by atoms with E-state index in [0.29, 0.717) is 34.9 Å². The Morgan fingerprint density at radius 3 is 2.39 bits per heavy atom. The van der Waals surface area contributed by atoms with Gasteiger partial charge in [-0.1, -0.05) is 23.7 Å². The van der Waals surface area contributed by atoms with Gasteiger partial charge in [0.25, 0.3) is 0 Å². The van der Waals surface area contributed by atoms with Crippen molar-refractivity contribution in [1.82, 2.24) is 24.4 Å². The summed E-state index contributed by atoms with van der Waals surface area (Å²) < 4.78 is 42.3. The Hall–Kier alpha value is -2.65. The molecule has 1 fully saturated rings. The maximum atomic E-state index is 13.8. The lowest BCUT2D eigenvalue weighted by Crippen LogP contribution is -2.47. The van der Waals surface area contributed by atoms with Gasteiger partial charge in [0.15, 0.2) is 11.3 Å². The molecule has 1 saturated heterocycles. The van der Waals surface area contributed by atoms with E-state index in [1.807, 2.05) is 7.05 Å². The fourth-order valence-electron chi connectivity index (χ4n) is 3.66. The van der Waals surface area contributed by atoms with Crippen molar-refractivity contribution in [1.29, 1.82) is 0 Å². The van der Waals surface area contributed by atoms with Gasteiger partial charge >= 0.3 is 6.18 Å². The van der Waals surface area contributed by atoms with Crippen LogP contribution in [0.1, 0.15) is 17.0 Å². The number of hydrogen-bond acceptors (Lipinski definition) is 4. The summed E-state index contributed by atoms with van der Waals surface area (Å²) in [5.74, 6) is -0.140. The van der Waals surface area contributed by atoms with Crippen molar-refractivity contribution < 1.29 is 18.0 Å². The summed E-state index contributed by atoms with van der Waals surface area (Å²) in [6, 6.07) is 7.37. The quantitative estimate of drug-likeness (QED) is 0.609. The molecule has 1 aliphatic rings. The Balaban J connectivity index is 1.79. The number of rotatable bonds is 3. The van der Waals surface area contributed by atoms with Gasteiger partial charge < -0.3 is 9.80 Å². The Bertz CT molecular complexity index is 1120. The molecule has 0 atom stereocenters. The molecule has 6 nitrogen and oxygen atoms in total. The SMILES string of the molecule is Cc1nn2c(C(F)(F)F)cc(-c3ccc(Cl)cc3)nc2c1CC(=O)N1CCN(C)CC1. The highest BCUT2D eigenvalue weighted by Gasteiger charge is 2.36. The van der Waals surface area contributed by atoms with Crippen LogP contribution in [-0.2, 0) is 17.4 Å². The van der Waals surface area contributed by atoms with E-state index in [1.165, 1.54) is 0 Å². The molecule has 0 bridgehead atoms. The van der Waals surface area contributed by atoms with Crippen LogP contribution in [0.5, 0.6) is 0 Å². The van der Waals surface area contributed by atoms with Crippen LogP contribution in [0.4, 0.5) is 13.2 Å². The molecule has 10 heteroatoms. The number of benzene rings is 1. The van der Waals surface area contributed by atoms with E-state index in [-0.39, 0.29) is 23.7 Å². The van der Waals surface area contributed by atoms with E-state index in [4.69, 9.17) is 11.6 Å². The van der Waals surface area contributed by atoms with Crippen molar-refractivity contribution >= 4 is 23.2 Å². The second-order valence-electron chi connectivity index (χ2n) is 7.69. The number of alkyl halides is 3. The molecule has 31 heavy (non-hydrogen) atoms. The molecule has 1 aromatic carbocycles. The number of fused-ring (bicyclic) bond motifs is 1. The monoisotopic (exact) mass is 451 g/mol. The number of nitrogens with zero attached hydrogens (tertiary/aromatic N) is 5. The molecule has 4 rings (SSSR count). The van der Waals surface area contributed by atoms with E-state index in [1.54, 1.807) is 36.1 Å². The molecule has 0 spiro atoms. The summed E-state index contributed by atoms with van der Waals surface area (Å²) >= 11 is 5.91. The number of hydrogen-bond donors (Lipinski definition) is 0. The standard InChI is InChI=1S/C21H21ClF3N5O/c1-13-16(11-19(31)29-9-7-28(2)8-10-29)20-26-17(14-3-5-15(22)6-4-14)12-18(21(23,24)25)30(20)27-13/h3-6,12H,7-11H2,1-2H3. The van der Waals surface area contributed by atoms with Gasteiger partial charge in [0.05, 0.1) is 17.8 Å². The van der Waals surface area contributed by atoms with Gasteiger partial charge in [-0.3, -0.25) is 4.79 Å². The Kier molecular flexibility index (Phi) is 5.65. The minimum Gasteiger partial charge on any atom is -0.340 e. The van der Waals surface area contributed by atoms with Gasteiger partial charge in [-0.05, 0) is 32.2 Å². The molecule has 3 aromatic rings. The van der Waals surface area contributed by atoms with Crippen LogP contribution in [0, 0.1) is 6.92 Å². The van der Waals surface area contributed by atoms with Crippen LogP contribution in [0.3, 0.4) is 0 Å². The van der Waals surface area contributed by atoms with Crippen molar-refractivity contribution in [3.63, 3.8) is 0 Å². The zero-order valence-corrected chi connectivity index (χ0v) is 17.8. The predicted octanol–water partition coefficient (Wildman–Crippen LogP) is 3.69. The zero-order valence-electron chi connectivity index (χ0n) is 17.1. The lowest BCUT2D eigenvalue weighted by Gasteiger charge is -2.32. The molecule has 0 radical (unpaired) electrons. The number of carbonyl (C=O) groups is 1. The van der Waals surface area contributed by atoms with Crippen LogP contribution in [0.2, 0.25) is 5.02 Å². The van der Waals surface area contributed by atoms with Crippen LogP contribution < -0.4 is 0 Å². The second-order valence-corrected chi connectivity index (χ2v) is 8.13. The first-order valence-corrected chi connectivity index (χ1v) is 10.2. The highest BCUT2D eigenvalue weighted by molar-refractivity contribution is 6.30. The van der Waals surface area contributed by atoms with Crippen molar-refractivity contribution in [2.24, 2.45) is 0 Å². The molecule has 0 aliphatic carbocycles. The minimum absolute atomic E-state index is 0.0414. The van der Waals surface area contributed by atoms with Gasteiger partial charge in [-0.2, -0.15) is 18.3 Å². The number of halogens is 4. The highest BCUT2D eigenvalue weighted by atomic mass is 35.5. The number of aryl methyl sites for hydroxylation is 1. The van der Waals surface area contributed by atoms with Gasteiger partial charge in [0.1, 0.15) is 0 Å². The van der Waals surface area contributed by atoms with Gasteiger partial charge in [-0.25, -0.2) is 9.50 Å². The third-order valence-electron chi connectivity index (χ3n) is 5.50. The van der Waals surface area contributed by atoms with Crippen molar-refractivity contribution in [2.75, 3.05) is 33.2 Å². The second kappa shape index (κ2) is 8.12. The van der Waals surface area contributed by atoms with Gasteiger partial charge in [0.2, 0.25) is 5.91 Å². The summed E-state index contributed by atoms with van der Waals surface area (Å²) in [5, 5.41) is 4.54. The molecule has 0 N–H and O–H groups in total. The first-order chi connectivity index (χ1) is 14.6. The number of piperazine rings is 1. The molecular weight excluding hydrogens is 431 g/mol. The van der Waals surface area contributed by atoms with E-state index < -0.39 is 11.9 Å². The summed E-state index contributed by atoms with van der Waals surface area (Å²) in [6.07, 6.45) is -4.69. The minimum atomic E-state index is -4.64. The first-order valence-electron chi connectivity index (χ1n) is 9.82. The number of aromatic nitrogens is 3. The molecule has 0 saturated carbocycles. The van der Waals surface area contributed by atoms with Crippen molar-refractivity contribution in [2.45, 2.75) is 19.5 Å². The number of likely N-dealkylation sites (N-methyl/N-ethyl adjacent to an activating group) is 1. The molecule has 164 valence electrons. The predicted molar refractivity (Wildman–Crippen MR) is 111 cm³/mol. The molecule has 3 heterocycles. The molecular formula is C21H21ClF3N5O. The van der Waals surface area contributed by atoms with E-state index in [0.717, 1.165) is 23.7 Å². The zero-order chi connectivity index (χ0) is 22.3. The van der Waals surface area contributed by atoms with Gasteiger partial charge in [-0.15, -0.1) is 0 Å². The fraction of sp³-hybridized carbons (Fsp3) is 0.381. The highest BCUT2D eigenvalue weighted by Crippen LogP contribution is 2.33. The van der Waals surface area contributed by atoms with Crippen molar-refractivity contribution in [3.8, 4) is 11.3 Å². The molecule has 2 aromatic heterocycles. The van der Waals surface area contributed by atoms with E-state index in [9.17, 15) is 18.0 Å². The normalized spacial score (nSPS) is 15.6. The number of carbonyl (C=O) groups excluding carboxylic acids is 1. The average Bonchev–Trinajstić information content (AvgIpc) is 3.02. The van der Waals surface area contributed by atoms with Crippen LogP contribution in [0.15, 0.2) is 30.3 Å². The van der Waals surface area contributed by atoms with E-state index >= 15 is 0 Å². The summed E-state index contributed by atoms with van der Waals surface area (Å²) in [4.78, 5) is 21.2. The molecule has 0 unspecified atom stereocenters. The third kappa shape index (κ3) is 4.38.